The molecule has 0 heterocycles. The van der Waals surface area contributed by atoms with Crippen LogP contribution in [0.1, 0.15) is 70.6 Å². The van der Waals surface area contributed by atoms with E-state index in [1.807, 2.05) is 0 Å². The van der Waals surface area contributed by atoms with Crippen molar-refractivity contribution in [2.45, 2.75) is 76.8 Å². The van der Waals surface area contributed by atoms with Gasteiger partial charge in [0.25, 0.3) is 0 Å². The topological polar surface area (TPSA) is 47.6 Å². The van der Waals surface area contributed by atoms with E-state index in [1.54, 1.807) is 0 Å². The van der Waals surface area contributed by atoms with Crippen molar-refractivity contribution in [3.05, 3.63) is 0 Å². The van der Waals surface area contributed by atoms with Gasteiger partial charge in [0.1, 0.15) is 6.17 Å². The molecule has 2 fully saturated rings. The summed E-state index contributed by atoms with van der Waals surface area (Å²) in [5.41, 5.74) is 0. The van der Waals surface area contributed by atoms with Gasteiger partial charge in [0.05, 0.1) is 12.1 Å². The van der Waals surface area contributed by atoms with E-state index in [2.05, 4.69) is 12.1 Å². The Kier molecular flexibility index (Phi) is 6.50. The zero-order chi connectivity index (χ0) is 15.1. The molecule has 116 valence electrons. The molecule has 2 saturated carbocycles. The standard InChI is InChI=1S/C18H27FN2/c19-18(17-7-5-15(6-8-17)10-12-21)13-16-3-1-14(2-4-16)9-11-20/h14-18H,1-10,13H2. The average molecular weight is 290 g/mol. The van der Waals surface area contributed by atoms with Gasteiger partial charge in [0.15, 0.2) is 0 Å². The molecule has 2 aliphatic carbocycles. The molecule has 0 aromatic rings. The summed E-state index contributed by atoms with van der Waals surface area (Å²) in [5, 5.41) is 17.5. The summed E-state index contributed by atoms with van der Waals surface area (Å²) < 4.78 is 14.5. The molecule has 3 heteroatoms. The number of halogens is 1. The van der Waals surface area contributed by atoms with Gasteiger partial charge in [-0.25, -0.2) is 4.39 Å². The van der Waals surface area contributed by atoms with Gasteiger partial charge in [0.2, 0.25) is 0 Å². The van der Waals surface area contributed by atoms with Crippen LogP contribution in [-0.2, 0) is 0 Å². The second kappa shape index (κ2) is 8.38. The van der Waals surface area contributed by atoms with Crippen molar-refractivity contribution < 1.29 is 4.39 Å². The summed E-state index contributed by atoms with van der Waals surface area (Å²) in [6.45, 7) is 0. The van der Waals surface area contributed by atoms with E-state index in [0.29, 0.717) is 30.6 Å². The monoisotopic (exact) mass is 290 g/mol. The van der Waals surface area contributed by atoms with Gasteiger partial charge in [-0.15, -0.1) is 0 Å². The Labute approximate surface area is 128 Å². The molecule has 0 spiro atoms. The van der Waals surface area contributed by atoms with E-state index in [-0.39, 0.29) is 5.92 Å². The largest absolute Gasteiger partial charge is 0.247 e. The predicted molar refractivity (Wildman–Crippen MR) is 80.9 cm³/mol. The van der Waals surface area contributed by atoms with Gasteiger partial charge in [-0.1, -0.05) is 12.8 Å². The lowest BCUT2D eigenvalue weighted by atomic mass is 9.74. The molecule has 0 N–H and O–H groups in total. The SMILES string of the molecule is N#CCC1CCC(CC(F)C2CCC(CC#N)CC2)CC1. The van der Waals surface area contributed by atoms with Gasteiger partial charge >= 0.3 is 0 Å². The Bertz CT molecular complexity index is 379. The number of hydrogen-bond donors (Lipinski definition) is 0. The van der Waals surface area contributed by atoms with E-state index in [9.17, 15) is 4.39 Å². The molecular formula is C18H27FN2. The first kappa shape index (κ1) is 16.3. The Balaban J connectivity index is 1.68. The Morgan fingerprint density at radius 3 is 1.67 bits per heavy atom. The van der Waals surface area contributed by atoms with Gasteiger partial charge in [0, 0.05) is 12.8 Å². The maximum atomic E-state index is 14.5. The van der Waals surface area contributed by atoms with Crippen LogP contribution in [0.5, 0.6) is 0 Å². The van der Waals surface area contributed by atoms with Crippen molar-refractivity contribution in [2.24, 2.45) is 23.7 Å². The Hall–Kier alpha value is -1.09. The molecule has 0 amide bonds. The van der Waals surface area contributed by atoms with Crippen molar-refractivity contribution in [1.29, 1.82) is 10.5 Å². The van der Waals surface area contributed by atoms with Crippen molar-refractivity contribution in [3.63, 3.8) is 0 Å². The molecule has 0 radical (unpaired) electrons. The molecule has 0 bridgehead atoms. The third-order valence-electron chi connectivity index (χ3n) is 5.69. The highest BCUT2D eigenvalue weighted by Gasteiger charge is 2.30. The van der Waals surface area contributed by atoms with Gasteiger partial charge in [-0.05, 0) is 68.6 Å². The molecule has 0 aliphatic heterocycles. The van der Waals surface area contributed by atoms with Crippen molar-refractivity contribution >= 4 is 0 Å². The third-order valence-corrected chi connectivity index (χ3v) is 5.69. The zero-order valence-electron chi connectivity index (χ0n) is 12.9. The quantitative estimate of drug-likeness (QED) is 0.702. The van der Waals surface area contributed by atoms with Crippen LogP contribution in [0.25, 0.3) is 0 Å². The van der Waals surface area contributed by atoms with Crippen molar-refractivity contribution in [2.75, 3.05) is 0 Å². The minimum Gasteiger partial charge on any atom is -0.247 e. The minimum absolute atomic E-state index is 0.233. The number of nitriles is 2. The highest BCUT2D eigenvalue weighted by Crippen LogP contribution is 2.39. The summed E-state index contributed by atoms with van der Waals surface area (Å²) in [6, 6.07) is 4.51. The summed E-state index contributed by atoms with van der Waals surface area (Å²) >= 11 is 0. The van der Waals surface area contributed by atoms with Crippen LogP contribution in [0.15, 0.2) is 0 Å². The minimum atomic E-state index is -0.648. The first-order valence-electron chi connectivity index (χ1n) is 8.60. The van der Waals surface area contributed by atoms with Crippen LogP contribution >= 0.6 is 0 Å². The summed E-state index contributed by atoms with van der Waals surface area (Å²) in [5.74, 6) is 1.84. The fourth-order valence-electron chi connectivity index (χ4n) is 4.19. The molecule has 21 heavy (non-hydrogen) atoms. The molecule has 1 unspecified atom stereocenters. The molecular weight excluding hydrogens is 263 g/mol. The first-order valence-corrected chi connectivity index (χ1v) is 8.60. The maximum absolute atomic E-state index is 14.5. The molecule has 0 aromatic carbocycles. The lowest BCUT2D eigenvalue weighted by Gasteiger charge is -2.33. The second-order valence-corrected chi connectivity index (χ2v) is 7.14. The lowest BCUT2D eigenvalue weighted by Crippen LogP contribution is -2.26. The fourth-order valence-corrected chi connectivity index (χ4v) is 4.19. The smallest absolute Gasteiger partial charge is 0.103 e. The van der Waals surface area contributed by atoms with E-state index in [1.165, 1.54) is 0 Å². The first-order chi connectivity index (χ1) is 10.2. The van der Waals surface area contributed by atoms with Gasteiger partial charge in [-0.3, -0.25) is 0 Å². The van der Waals surface area contributed by atoms with Crippen molar-refractivity contribution in [1.82, 2.24) is 0 Å². The number of rotatable bonds is 5. The van der Waals surface area contributed by atoms with Crippen LogP contribution in [-0.4, -0.2) is 6.17 Å². The summed E-state index contributed by atoms with van der Waals surface area (Å²) in [7, 11) is 0. The Morgan fingerprint density at radius 1 is 0.762 bits per heavy atom. The molecule has 0 saturated heterocycles. The Morgan fingerprint density at radius 2 is 1.19 bits per heavy atom. The third kappa shape index (κ3) is 4.99. The van der Waals surface area contributed by atoms with Crippen LogP contribution < -0.4 is 0 Å². The molecule has 2 aliphatic rings. The van der Waals surface area contributed by atoms with Crippen molar-refractivity contribution in [3.8, 4) is 12.1 Å². The van der Waals surface area contributed by atoms with Crippen LogP contribution in [0.4, 0.5) is 4.39 Å². The molecule has 2 rings (SSSR count). The zero-order valence-corrected chi connectivity index (χ0v) is 12.9. The number of hydrogen-bond acceptors (Lipinski definition) is 2. The lowest BCUT2D eigenvalue weighted by molar-refractivity contribution is 0.117. The van der Waals surface area contributed by atoms with Gasteiger partial charge < -0.3 is 0 Å². The second-order valence-electron chi connectivity index (χ2n) is 7.14. The summed E-state index contributed by atoms with van der Waals surface area (Å²) in [6.07, 6.45) is 9.85. The highest BCUT2D eigenvalue weighted by molar-refractivity contribution is 4.85. The highest BCUT2D eigenvalue weighted by atomic mass is 19.1. The van der Waals surface area contributed by atoms with Crippen LogP contribution in [0.3, 0.4) is 0 Å². The van der Waals surface area contributed by atoms with E-state index in [4.69, 9.17) is 10.5 Å². The molecule has 1 atom stereocenters. The fraction of sp³-hybridized carbons (Fsp3) is 0.889. The van der Waals surface area contributed by atoms with E-state index >= 15 is 0 Å². The predicted octanol–water partition coefficient (Wildman–Crippen LogP) is 5.15. The van der Waals surface area contributed by atoms with E-state index < -0.39 is 6.17 Å². The van der Waals surface area contributed by atoms with E-state index in [0.717, 1.165) is 57.8 Å². The van der Waals surface area contributed by atoms with Crippen LogP contribution in [0, 0.1) is 46.3 Å². The van der Waals surface area contributed by atoms with Gasteiger partial charge in [-0.2, -0.15) is 10.5 Å². The number of nitrogens with zero attached hydrogens (tertiary/aromatic N) is 2. The number of alkyl halides is 1. The average Bonchev–Trinajstić information content (AvgIpc) is 2.50. The summed E-state index contributed by atoms with van der Waals surface area (Å²) in [4.78, 5) is 0. The normalized spacial score (nSPS) is 34.6. The molecule has 2 nitrogen and oxygen atoms in total. The maximum Gasteiger partial charge on any atom is 0.103 e. The van der Waals surface area contributed by atoms with Crippen LogP contribution in [0.2, 0.25) is 0 Å². The molecule has 0 aromatic heterocycles.